The second-order valence-electron chi connectivity index (χ2n) is 5.87. The van der Waals surface area contributed by atoms with Crippen molar-refractivity contribution >= 4 is 34.0 Å². The molecule has 0 fully saturated rings. The summed E-state index contributed by atoms with van der Waals surface area (Å²) in [7, 11) is 2.96. The van der Waals surface area contributed by atoms with E-state index in [1.165, 1.54) is 21.1 Å². The largest absolute Gasteiger partial charge is 0.495 e. The van der Waals surface area contributed by atoms with Crippen LogP contribution in [-0.2, 0) is 11.8 Å². The predicted octanol–water partition coefficient (Wildman–Crippen LogP) is 2.15. The quantitative estimate of drug-likeness (QED) is 0.737. The zero-order valence-corrected chi connectivity index (χ0v) is 15.1. The number of fused-ring (bicyclic) bond motifs is 1. The molecule has 0 radical (unpaired) electrons. The maximum atomic E-state index is 12.9. The van der Waals surface area contributed by atoms with Gasteiger partial charge in [-0.2, -0.15) is 5.10 Å². The smallest absolute Gasteiger partial charge is 0.276 e. The van der Waals surface area contributed by atoms with Gasteiger partial charge in [-0.05, 0) is 24.3 Å². The molecule has 0 aliphatic rings. The van der Waals surface area contributed by atoms with Gasteiger partial charge in [0.15, 0.2) is 5.69 Å². The molecule has 1 heterocycles. The number of anilines is 2. The van der Waals surface area contributed by atoms with Gasteiger partial charge in [-0.1, -0.05) is 18.2 Å². The summed E-state index contributed by atoms with van der Waals surface area (Å²) in [4.78, 5) is 36.3. The van der Waals surface area contributed by atoms with Crippen molar-refractivity contribution < 1.29 is 14.3 Å². The molecule has 0 atom stereocenters. The van der Waals surface area contributed by atoms with Gasteiger partial charge in [-0.25, -0.2) is 4.68 Å². The minimum Gasteiger partial charge on any atom is -0.495 e. The first-order chi connectivity index (χ1) is 12.9. The van der Waals surface area contributed by atoms with Crippen LogP contribution in [0.1, 0.15) is 17.4 Å². The van der Waals surface area contributed by atoms with Gasteiger partial charge in [0, 0.05) is 25.0 Å². The third-order valence-corrected chi connectivity index (χ3v) is 3.94. The fourth-order valence-corrected chi connectivity index (χ4v) is 2.74. The van der Waals surface area contributed by atoms with Crippen LogP contribution in [0.15, 0.2) is 47.3 Å². The third-order valence-electron chi connectivity index (χ3n) is 3.94. The molecule has 3 rings (SSSR count). The molecule has 138 valence electrons. The van der Waals surface area contributed by atoms with Gasteiger partial charge in [0.1, 0.15) is 5.75 Å². The van der Waals surface area contributed by atoms with E-state index in [1.54, 1.807) is 42.5 Å². The first-order valence-corrected chi connectivity index (χ1v) is 8.13. The molecule has 0 aliphatic carbocycles. The summed E-state index contributed by atoms with van der Waals surface area (Å²) in [6.07, 6.45) is 0. The summed E-state index contributed by atoms with van der Waals surface area (Å²) in [6.45, 7) is 1.39. The molecule has 0 spiro atoms. The lowest BCUT2D eigenvalue weighted by atomic mass is 10.1. The van der Waals surface area contributed by atoms with Crippen LogP contribution in [0, 0.1) is 0 Å². The fourth-order valence-electron chi connectivity index (χ4n) is 2.74. The average molecular weight is 366 g/mol. The van der Waals surface area contributed by atoms with E-state index in [1.807, 2.05) is 0 Å². The zero-order chi connectivity index (χ0) is 19.6. The van der Waals surface area contributed by atoms with Crippen molar-refractivity contribution in [1.82, 2.24) is 9.78 Å². The van der Waals surface area contributed by atoms with Crippen LogP contribution in [-0.4, -0.2) is 28.7 Å². The van der Waals surface area contributed by atoms with Gasteiger partial charge in [-0.3, -0.25) is 14.4 Å². The van der Waals surface area contributed by atoms with E-state index in [2.05, 4.69) is 15.7 Å². The highest BCUT2D eigenvalue weighted by molar-refractivity contribution is 6.11. The van der Waals surface area contributed by atoms with E-state index in [0.29, 0.717) is 27.9 Å². The molecule has 8 nitrogen and oxygen atoms in total. The predicted molar refractivity (Wildman–Crippen MR) is 102 cm³/mol. The van der Waals surface area contributed by atoms with Crippen molar-refractivity contribution in [2.24, 2.45) is 7.05 Å². The highest BCUT2D eigenvalue weighted by Gasteiger charge is 2.17. The van der Waals surface area contributed by atoms with Crippen LogP contribution < -0.4 is 20.9 Å². The van der Waals surface area contributed by atoms with Crippen molar-refractivity contribution in [3.8, 4) is 5.75 Å². The number of aryl methyl sites for hydroxylation is 1. The van der Waals surface area contributed by atoms with E-state index in [-0.39, 0.29) is 17.2 Å². The number of rotatable bonds is 4. The van der Waals surface area contributed by atoms with Crippen molar-refractivity contribution in [3.63, 3.8) is 0 Å². The lowest BCUT2D eigenvalue weighted by Crippen LogP contribution is -2.25. The van der Waals surface area contributed by atoms with Crippen LogP contribution in [0.2, 0.25) is 0 Å². The number of nitrogens with zero attached hydrogens (tertiary/aromatic N) is 2. The highest BCUT2D eigenvalue weighted by Crippen LogP contribution is 2.28. The number of benzene rings is 2. The Morgan fingerprint density at radius 2 is 1.78 bits per heavy atom. The summed E-state index contributed by atoms with van der Waals surface area (Å²) < 4.78 is 6.40. The van der Waals surface area contributed by atoms with Gasteiger partial charge in [-0.15, -0.1) is 0 Å². The van der Waals surface area contributed by atoms with Crippen LogP contribution in [0.25, 0.3) is 10.8 Å². The Morgan fingerprint density at radius 1 is 1.07 bits per heavy atom. The first-order valence-electron chi connectivity index (χ1n) is 8.13. The number of methoxy groups -OCH3 is 1. The molecule has 2 aromatic carbocycles. The van der Waals surface area contributed by atoms with E-state index in [9.17, 15) is 14.4 Å². The van der Waals surface area contributed by atoms with E-state index in [4.69, 9.17) is 4.74 Å². The van der Waals surface area contributed by atoms with Gasteiger partial charge in [0.2, 0.25) is 5.91 Å². The van der Waals surface area contributed by atoms with E-state index >= 15 is 0 Å². The monoisotopic (exact) mass is 366 g/mol. The minimum atomic E-state index is -0.500. The molecule has 0 unspecified atom stereocenters. The second kappa shape index (κ2) is 7.28. The zero-order valence-electron chi connectivity index (χ0n) is 15.1. The molecule has 2 N–H and O–H groups in total. The van der Waals surface area contributed by atoms with Gasteiger partial charge in [0.05, 0.1) is 18.2 Å². The maximum absolute atomic E-state index is 12.9. The number of ether oxygens (including phenoxy) is 1. The summed E-state index contributed by atoms with van der Waals surface area (Å²) in [6, 6.07) is 11.7. The average Bonchev–Trinajstić information content (AvgIpc) is 2.64. The second-order valence-corrected chi connectivity index (χ2v) is 5.87. The first kappa shape index (κ1) is 18.1. The van der Waals surface area contributed by atoms with Crippen molar-refractivity contribution in [1.29, 1.82) is 0 Å². The van der Waals surface area contributed by atoms with Gasteiger partial charge < -0.3 is 15.4 Å². The molecule has 27 heavy (non-hydrogen) atoms. The lowest BCUT2D eigenvalue weighted by molar-refractivity contribution is -0.114. The molecule has 8 heteroatoms. The molecule has 2 amide bonds. The van der Waals surface area contributed by atoms with Crippen LogP contribution >= 0.6 is 0 Å². The third kappa shape index (κ3) is 3.64. The lowest BCUT2D eigenvalue weighted by Gasteiger charge is -2.13. The summed E-state index contributed by atoms with van der Waals surface area (Å²) in [5, 5.41) is 10.3. The number of carbonyl (C=O) groups is 2. The topological polar surface area (TPSA) is 102 Å². The van der Waals surface area contributed by atoms with E-state index in [0.717, 1.165) is 4.68 Å². The maximum Gasteiger partial charge on any atom is 0.276 e. The van der Waals surface area contributed by atoms with Crippen molar-refractivity contribution in [3.05, 3.63) is 58.5 Å². The Labute approximate surface area is 154 Å². The van der Waals surface area contributed by atoms with E-state index < -0.39 is 5.91 Å². The molecule has 0 saturated carbocycles. The molecule has 1 aromatic heterocycles. The summed E-state index contributed by atoms with van der Waals surface area (Å²) in [5.74, 6) is -0.310. The molecule has 0 aliphatic heterocycles. The molecule has 0 bridgehead atoms. The number of nitrogens with one attached hydrogen (secondary N) is 2. The highest BCUT2D eigenvalue weighted by atomic mass is 16.5. The summed E-state index contributed by atoms with van der Waals surface area (Å²) >= 11 is 0. The van der Waals surface area contributed by atoms with Gasteiger partial charge >= 0.3 is 0 Å². The molecular weight excluding hydrogens is 348 g/mol. The Bertz CT molecular complexity index is 1100. The fraction of sp³-hybridized carbons (Fsp3) is 0.158. The number of hydrogen-bond donors (Lipinski definition) is 2. The Balaban J connectivity index is 2.04. The van der Waals surface area contributed by atoms with Crippen molar-refractivity contribution in [2.45, 2.75) is 6.92 Å². The number of carbonyl (C=O) groups excluding carboxylic acids is 2. The number of aromatic nitrogens is 2. The Hall–Kier alpha value is -3.68. The molecular formula is C19H18N4O4. The summed E-state index contributed by atoms with van der Waals surface area (Å²) in [5.41, 5.74) is 0.706. The van der Waals surface area contributed by atoms with Crippen LogP contribution in [0.5, 0.6) is 5.75 Å². The Kier molecular flexibility index (Phi) is 4.89. The Morgan fingerprint density at radius 3 is 2.44 bits per heavy atom. The SMILES string of the molecule is COc1ccc(NC(C)=O)cc1NC(=O)c1nn(C)c(=O)c2ccccc12. The molecule has 3 aromatic rings. The van der Waals surface area contributed by atoms with Crippen LogP contribution in [0.3, 0.4) is 0 Å². The molecule has 0 saturated heterocycles. The standard InChI is InChI=1S/C19H18N4O4/c1-11(24)20-12-8-9-16(27-3)15(10-12)21-18(25)17-13-6-4-5-7-14(13)19(26)23(2)22-17/h4-10H,1-3H3,(H,20,24)(H,21,25). The number of hydrogen-bond acceptors (Lipinski definition) is 5. The minimum absolute atomic E-state index is 0.111. The van der Waals surface area contributed by atoms with Crippen LogP contribution in [0.4, 0.5) is 11.4 Å². The normalized spacial score (nSPS) is 10.5. The van der Waals surface area contributed by atoms with Gasteiger partial charge in [0.25, 0.3) is 11.5 Å². The van der Waals surface area contributed by atoms with Crippen molar-refractivity contribution in [2.75, 3.05) is 17.7 Å². The number of amides is 2.